The second-order valence-electron chi connectivity index (χ2n) is 4.39. The highest BCUT2D eigenvalue weighted by atomic mass is 32.2. The van der Waals surface area contributed by atoms with Crippen molar-refractivity contribution in [3.05, 3.63) is 23.8 Å². The van der Waals surface area contributed by atoms with Crippen LogP contribution in [0.3, 0.4) is 0 Å². The first-order valence-electron chi connectivity index (χ1n) is 5.95. The molecule has 0 saturated carbocycles. The highest BCUT2D eigenvalue weighted by Gasteiger charge is 2.04. The number of thioether (sulfide) groups is 1. The quantitative estimate of drug-likeness (QED) is 0.800. The molecule has 17 heavy (non-hydrogen) atoms. The number of hydrogen-bond acceptors (Lipinski definition) is 3. The van der Waals surface area contributed by atoms with Crippen molar-refractivity contribution in [2.75, 3.05) is 12.8 Å². The Kier molecular flexibility index (Phi) is 4.07. The van der Waals surface area contributed by atoms with Crippen LogP contribution in [0.25, 0.3) is 11.0 Å². The van der Waals surface area contributed by atoms with Gasteiger partial charge in [-0.1, -0.05) is 17.8 Å². The minimum atomic E-state index is 0.564. The number of benzene rings is 1. The molecule has 0 aliphatic heterocycles. The third-order valence-corrected chi connectivity index (χ3v) is 3.80. The highest BCUT2D eigenvalue weighted by molar-refractivity contribution is 7.99. The van der Waals surface area contributed by atoms with Gasteiger partial charge in [-0.05, 0) is 45.0 Å². The summed E-state index contributed by atoms with van der Waals surface area (Å²) < 4.78 is 0. The molecule has 3 nitrogen and oxygen atoms in total. The van der Waals surface area contributed by atoms with Gasteiger partial charge in [0, 0.05) is 11.8 Å². The number of nitrogens with zero attached hydrogens (tertiary/aromatic N) is 1. The Morgan fingerprint density at radius 2 is 2.29 bits per heavy atom. The fraction of sp³-hybridized carbons (Fsp3) is 0.462. The molecule has 0 saturated heterocycles. The van der Waals surface area contributed by atoms with Crippen molar-refractivity contribution in [3.8, 4) is 0 Å². The van der Waals surface area contributed by atoms with Crippen LogP contribution >= 0.6 is 11.8 Å². The molecule has 1 aromatic carbocycles. The van der Waals surface area contributed by atoms with Crippen LogP contribution in [0, 0.1) is 6.92 Å². The minimum Gasteiger partial charge on any atom is -0.333 e. The largest absolute Gasteiger partial charge is 0.333 e. The monoisotopic (exact) mass is 249 g/mol. The van der Waals surface area contributed by atoms with Crippen molar-refractivity contribution in [2.45, 2.75) is 31.5 Å². The van der Waals surface area contributed by atoms with Crippen LogP contribution in [0.5, 0.6) is 0 Å². The third kappa shape index (κ3) is 3.23. The van der Waals surface area contributed by atoms with Crippen LogP contribution in [-0.2, 0) is 0 Å². The van der Waals surface area contributed by atoms with E-state index in [0.29, 0.717) is 6.04 Å². The number of hydrogen-bond donors (Lipinski definition) is 2. The summed E-state index contributed by atoms with van der Waals surface area (Å²) in [6, 6.07) is 6.87. The van der Waals surface area contributed by atoms with E-state index >= 15 is 0 Å². The second kappa shape index (κ2) is 5.56. The molecule has 2 rings (SSSR count). The van der Waals surface area contributed by atoms with Crippen molar-refractivity contribution in [2.24, 2.45) is 0 Å². The molecule has 0 aliphatic carbocycles. The van der Waals surface area contributed by atoms with E-state index in [1.807, 2.05) is 7.05 Å². The number of rotatable bonds is 5. The lowest BCUT2D eigenvalue weighted by atomic mass is 10.2. The molecule has 0 fully saturated rings. The van der Waals surface area contributed by atoms with E-state index in [1.165, 1.54) is 5.56 Å². The SMILES string of the molecule is CNC(C)CCSc1nc2ccc(C)cc2[nH]1. The normalized spacial score (nSPS) is 13.1. The summed E-state index contributed by atoms with van der Waals surface area (Å²) in [5.41, 5.74) is 3.45. The average molecular weight is 249 g/mol. The van der Waals surface area contributed by atoms with Crippen LogP contribution in [0.2, 0.25) is 0 Å². The molecule has 0 spiro atoms. The van der Waals surface area contributed by atoms with E-state index in [-0.39, 0.29) is 0 Å². The van der Waals surface area contributed by atoms with Crippen LogP contribution in [0.4, 0.5) is 0 Å². The molecule has 0 amide bonds. The zero-order chi connectivity index (χ0) is 12.3. The van der Waals surface area contributed by atoms with Gasteiger partial charge in [-0.25, -0.2) is 4.98 Å². The molecule has 0 radical (unpaired) electrons. The maximum Gasteiger partial charge on any atom is 0.166 e. The Labute approximate surface area is 106 Å². The van der Waals surface area contributed by atoms with E-state index in [9.17, 15) is 0 Å². The fourth-order valence-electron chi connectivity index (χ4n) is 1.65. The van der Waals surface area contributed by atoms with E-state index in [0.717, 1.165) is 28.4 Å². The summed E-state index contributed by atoms with van der Waals surface area (Å²) in [7, 11) is 2.00. The zero-order valence-electron chi connectivity index (χ0n) is 10.6. The first-order valence-corrected chi connectivity index (χ1v) is 6.94. The van der Waals surface area contributed by atoms with E-state index in [2.05, 4.69) is 47.3 Å². The molecule has 2 aromatic rings. The van der Waals surface area contributed by atoms with Gasteiger partial charge in [0.05, 0.1) is 11.0 Å². The van der Waals surface area contributed by atoms with Gasteiger partial charge >= 0.3 is 0 Å². The van der Waals surface area contributed by atoms with Gasteiger partial charge in [-0.15, -0.1) is 0 Å². The Bertz CT molecular complexity index is 492. The number of aromatic amines is 1. The van der Waals surface area contributed by atoms with Crippen LogP contribution in [-0.4, -0.2) is 28.8 Å². The Morgan fingerprint density at radius 1 is 1.47 bits per heavy atom. The Balaban J connectivity index is 1.99. The summed E-state index contributed by atoms with van der Waals surface area (Å²) in [5, 5.41) is 4.26. The van der Waals surface area contributed by atoms with Gasteiger partial charge in [-0.3, -0.25) is 0 Å². The van der Waals surface area contributed by atoms with Gasteiger partial charge in [-0.2, -0.15) is 0 Å². The molecule has 1 atom stereocenters. The van der Waals surface area contributed by atoms with Gasteiger partial charge < -0.3 is 10.3 Å². The van der Waals surface area contributed by atoms with Crippen LogP contribution in [0.15, 0.2) is 23.4 Å². The maximum atomic E-state index is 4.56. The standard InChI is InChI=1S/C13H19N3S/c1-9-4-5-11-12(8-9)16-13(15-11)17-7-6-10(2)14-3/h4-5,8,10,14H,6-7H2,1-3H3,(H,15,16). The highest BCUT2D eigenvalue weighted by Crippen LogP contribution is 2.21. The Morgan fingerprint density at radius 3 is 3.06 bits per heavy atom. The fourth-order valence-corrected chi connectivity index (χ4v) is 2.65. The molecular formula is C13H19N3S. The van der Waals surface area contributed by atoms with Gasteiger partial charge in [0.2, 0.25) is 0 Å². The number of nitrogens with one attached hydrogen (secondary N) is 2. The van der Waals surface area contributed by atoms with Crippen molar-refractivity contribution in [1.29, 1.82) is 0 Å². The van der Waals surface area contributed by atoms with Crippen molar-refractivity contribution < 1.29 is 0 Å². The number of fused-ring (bicyclic) bond motifs is 1. The van der Waals surface area contributed by atoms with E-state index in [1.54, 1.807) is 11.8 Å². The zero-order valence-corrected chi connectivity index (χ0v) is 11.4. The molecule has 2 N–H and O–H groups in total. The Hall–Kier alpha value is -1.00. The lowest BCUT2D eigenvalue weighted by Crippen LogP contribution is -2.21. The summed E-state index contributed by atoms with van der Waals surface area (Å²) >= 11 is 1.79. The molecule has 4 heteroatoms. The third-order valence-electron chi connectivity index (χ3n) is 2.90. The van der Waals surface area contributed by atoms with Gasteiger partial charge in [0.1, 0.15) is 0 Å². The first kappa shape index (κ1) is 12.5. The molecular weight excluding hydrogens is 230 g/mol. The predicted molar refractivity (Wildman–Crippen MR) is 74.7 cm³/mol. The maximum absolute atomic E-state index is 4.56. The molecule has 0 aliphatic rings. The smallest absolute Gasteiger partial charge is 0.166 e. The van der Waals surface area contributed by atoms with Crippen LogP contribution in [0.1, 0.15) is 18.9 Å². The number of aromatic nitrogens is 2. The molecule has 1 heterocycles. The lowest BCUT2D eigenvalue weighted by Gasteiger charge is -2.07. The summed E-state index contributed by atoms with van der Waals surface area (Å²) in [5.74, 6) is 1.08. The van der Waals surface area contributed by atoms with Gasteiger partial charge in [0.25, 0.3) is 0 Å². The van der Waals surface area contributed by atoms with Crippen molar-refractivity contribution >= 4 is 22.8 Å². The summed E-state index contributed by atoms with van der Waals surface area (Å²) in [6.45, 7) is 4.30. The average Bonchev–Trinajstić information content (AvgIpc) is 2.70. The van der Waals surface area contributed by atoms with Gasteiger partial charge in [0.15, 0.2) is 5.16 Å². The molecule has 1 aromatic heterocycles. The lowest BCUT2D eigenvalue weighted by molar-refractivity contribution is 0.597. The number of imidazole rings is 1. The van der Waals surface area contributed by atoms with E-state index in [4.69, 9.17) is 0 Å². The number of H-pyrrole nitrogens is 1. The molecule has 1 unspecified atom stereocenters. The number of aryl methyl sites for hydroxylation is 1. The minimum absolute atomic E-state index is 0.564. The van der Waals surface area contributed by atoms with E-state index < -0.39 is 0 Å². The summed E-state index contributed by atoms with van der Waals surface area (Å²) in [6.07, 6.45) is 1.15. The van der Waals surface area contributed by atoms with Crippen molar-refractivity contribution in [1.82, 2.24) is 15.3 Å². The van der Waals surface area contributed by atoms with Crippen LogP contribution < -0.4 is 5.32 Å². The summed E-state index contributed by atoms with van der Waals surface area (Å²) in [4.78, 5) is 7.92. The topological polar surface area (TPSA) is 40.7 Å². The molecule has 0 bridgehead atoms. The first-order chi connectivity index (χ1) is 8.19. The molecule has 92 valence electrons. The second-order valence-corrected chi connectivity index (χ2v) is 5.47. The van der Waals surface area contributed by atoms with Crippen molar-refractivity contribution in [3.63, 3.8) is 0 Å². The predicted octanol–water partition coefficient (Wildman–Crippen LogP) is 2.96.